The van der Waals surface area contributed by atoms with E-state index < -0.39 is 0 Å². The molecule has 0 saturated carbocycles. The van der Waals surface area contributed by atoms with Crippen molar-refractivity contribution in [2.24, 2.45) is 0 Å². The third kappa shape index (κ3) is 5.24. The van der Waals surface area contributed by atoms with E-state index in [-0.39, 0.29) is 16.6 Å². The molecule has 0 radical (unpaired) electrons. The highest BCUT2D eigenvalue weighted by molar-refractivity contribution is 5.96. The maximum absolute atomic E-state index is 11.9. The van der Waals surface area contributed by atoms with Crippen molar-refractivity contribution in [2.75, 3.05) is 0 Å². The van der Waals surface area contributed by atoms with Gasteiger partial charge in [0.1, 0.15) is 17.6 Å². The lowest BCUT2D eigenvalue weighted by Crippen LogP contribution is -2.17. The number of phenols is 1. The van der Waals surface area contributed by atoms with Gasteiger partial charge in [0.25, 0.3) is 0 Å². The van der Waals surface area contributed by atoms with Gasteiger partial charge in [-0.1, -0.05) is 96.1 Å². The molecule has 2 heterocycles. The summed E-state index contributed by atoms with van der Waals surface area (Å²) in [5.74, 6) is 0.950. The van der Waals surface area contributed by atoms with Crippen LogP contribution in [0.4, 0.5) is 0 Å². The summed E-state index contributed by atoms with van der Waals surface area (Å²) in [6.45, 7) is 13.0. The largest absolute Gasteiger partial charge is 0.507 e. The van der Waals surface area contributed by atoms with Crippen molar-refractivity contribution >= 4 is 11.0 Å². The van der Waals surface area contributed by atoms with E-state index in [2.05, 4.69) is 112 Å². The van der Waals surface area contributed by atoms with E-state index in [1.54, 1.807) is 12.3 Å². The first-order valence-corrected chi connectivity index (χ1v) is 14.9. The van der Waals surface area contributed by atoms with Crippen LogP contribution in [0, 0.1) is 11.3 Å². The Bertz CT molecular complexity index is 2030. The van der Waals surface area contributed by atoms with Crippen LogP contribution in [0.2, 0.25) is 0 Å². The summed E-state index contributed by atoms with van der Waals surface area (Å²) in [5, 5.41) is 21.1. The lowest BCUT2D eigenvalue weighted by atomic mass is 9.79. The molecule has 6 rings (SSSR count). The number of nitriles is 1. The number of fused-ring (bicyclic) bond motifs is 1. The Labute approximate surface area is 259 Å². The predicted octanol–water partition coefficient (Wildman–Crippen LogP) is 9.59. The molecule has 5 heteroatoms. The van der Waals surface area contributed by atoms with Crippen LogP contribution in [0.15, 0.2) is 103 Å². The van der Waals surface area contributed by atoms with E-state index in [1.807, 2.05) is 36.4 Å². The second-order valence-corrected chi connectivity index (χ2v) is 13.3. The van der Waals surface area contributed by atoms with Gasteiger partial charge in [-0.25, -0.2) is 4.98 Å². The molecular formula is C39H36N4O. The fourth-order valence-electron chi connectivity index (χ4n) is 5.64. The summed E-state index contributed by atoms with van der Waals surface area (Å²) in [4.78, 5) is 9.83. The Hall–Kier alpha value is -5.21. The van der Waals surface area contributed by atoms with Crippen LogP contribution >= 0.6 is 0 Å². The van der Waals surface area contributed by atoms with E-state index in [4.69, 9.17) is 4.98 Å². The molecule has 0 amide bonds. The van der Waals surface area contributed by atoms with E-state index in [1.165, 1.54) is 0 Å². The van der Waals surface area contributed by atoms with Crippen molar-refractivity contribution in [1.82, 2.24) is 14.5 Å². The van der Waals surface area contributed by atoms with Crippen LogP contribution in [0.5, 0.6) is 5.75 Å². The number of hydrogen-bond donors (Lipinski definition) is 1. The Morgan fingerprint density at radius 1 is 0.727 bits per heavy atom. The van der Waals surface area contributed by atoms with E-state index in [9.17, 15) is 10.4 Å². The van der Waals surface area contributed by atoms with Gasteiger partial charge in [0.15, 0.2) is 0 Å². The highest BCUT2D eigenvalue weighted by Crippen LogP contribution is 2.44. The number of aromatic hydroxyl groups is 1. The minimum Gasteiger partial charge on any atom is -0.507 e. The second kappa shape index (κ2) is 10.8. The quantitative estimate of drug-likeness (QED) is 0.227. The second-order valence-electron chi connectivity index (χ2n) is 13.3. The monoisotopic (exact) mass is 576 g/mol. The molecule has 0 aliphatic rings. The molecule has 5 nitrogen and oxygen atoms in total. The highest BCUT2D eigenvalue weighted by Gasteiger charge is 2.28. The van der Waals surface area contributed by atoms with Crippen LogP contribution in [-0.4, -0.2) is 19.6 Å². The van der Waals surface area contributed by atoms with Gasteiger partial charge in [-0.15, -0.1) is 0 Å². The highest BCUT2D eigenvalue weighted by atomic mass is 16.3. The molecule has 218 valence electrons. The smallest absolute Gasteiger partial charge is 0.149 e. The van der Waals surface area contributed by atoms with Gasteiger partial charge in [-0.2, -0.15) is 5.26 Å². The number of imidazole rings is 1. The maximum atomic E-state index is 11.9. The van der Waals surface area contributed by atoms with E-state index in [0.717, 1.165) is 50.2 Å². The predicted molar refractivity (Wildman–Crippen MR) is 179 cm³/mol. The van der Waals surface area contributed by atoms with Crippen molar-refractivity contribution in [3.63, 3.8) is 0 Å². The van der Waals surface area contributed by atoms with Crippen molar-refractivity contribution < 1.29 is 5.11 Å². The molecule has 0 fully saturated rings. The van der Waals surface area contributed by atoms with E-state index >= 15 is 0 Å². The molecule has 1 N–H and O–H groups in total. The third-order valence-corrected chi connectivity index (χ3v) is 8.09. The van der Waals surface area contributed by atoms with Gasteiger partial charge in [-0.05, 0) is 64.4 Å². The summed E-state index contributed by atoms with van der Waals surface area (Å²) < 4.78 is 2.15. The van der Waals surface area contributed by atoms with Crippen molar-refractivity contribution in [2.45, 2.75) is 52.4 Å². The lowest BCUT2D eigenvalue weighted by molar-refractivity contribution is 0.446. The van der Waals surface area contributed by atoms with Crippen molar-refractivity contribution in [1.29, 1.82) is 5.26 Å². The van der Waals surface area contributed by atoms with Crippen LogP contribution in [0.25, 0.3) is 50.5 Å². The minimum atomic E-state index is -0.269. The van der Waals surface area contributed by atoms with Gasteiger partial charge in [0.2, 0.25) is 0 Å². The number of nitrogens with zero attached hydrogens (tertiary/aromatic N) is 4. The number of benzene rings is 4. The fourth-order valence-corrected chi connectivity index (χ4v) is 5.64. The molecule has 4 aromatic carbocycles. The molecule has 0 atom stereocenters. The molecular weight excluding hydrogens is 540 g/mol. The fraction of sp³-hybridized carbons (Fsp3) is 0.205. The first-order chi connectivity index (χ1) is 21.0. The maximum Gasteiger partial charge on any atom is 0.149 e. The molecule has 6 aromatic rings. The number of para-hydroxylation sites is 2. The Morgan fingerprint density at radius 2 is 1.45 bits per heavy atom. The molecule has 0 spiro atoms. The number of phenolic OH excluding ortho intramolecular Hbond substituents is 1. The number of hydrogen-bond acceptors (Lipinski definition) is 4. The van der Waals surface area contributed by atoms with Gasteiger partial charge in [0.05, 0.1) is 27.9 Å². The van der Waals surface area contributed by atoms with Crippen LogP contribution in [-0.2, 0) is 10.8 Å². The Balaban J connectivity index is 1.63. The minimum absolute atomic E-state index is 0.128. The zero-order valence-electron chi connectivity index (χ0n) is 26.1. The average molecular weight is 577 g/mol. The molecule has 0 saturated heterocycles. The lowest BCUT2D eigenvalue weighted by Gasteiger charge is -2.27. The first kappa shape index (κ1) is 28.9. The van der Waals surface area contributed by atoms with Crippen LogP contribution in [0.3, 0.4) is 0 Å². The van der Waals surface area contributed by atoms with Gasteiger partial charge in [-0.3, -0.25) is 9.55 Å². The van der Waals surface area contributed by atoms with Crippen molar-refractivity contribution in [3.05, 3.63) is 120 Å². The molecule has 0 unspecified atom stereocenters. The number of aromatic nitrogens is 3. The van der Waals surface area contributed by atoms with Crippen molar-refractivity contribution in [3.8, 4) is 51.3 Å². The topological polar surface area (TPSA) is 74.7 Å². The zero-order chi connectivity index (χ0) is 31.2. The Morgan fingerprint density at radius 3 is 2.11 bits per heavy atom. The number of pyridine rings is 1. The molecule has 0 aliphatic heterocycles. The summed E-state index contributed by atoms with van der Waals surface area (Å²) in [7, 11) is 0. The first-order valence-electron chi connectivity index (χ1n) is 14.9. The van der Waals surface area contributed by atoms with Gasteiger partial charge < -0.3 is 5.11 Å². The van der Waals surface area contributed by atoms with E-state index in [0.29, 0.717) is 17.0 Å². The number of rotatable bonds is 4. The summed E-state index contributed by atoms with van der Waals surface area (Å²) in [5.41, 5.74) is 9.39. The zero-order valence-corrected chi connectivity index (χ0v) is 26.1. The van der Waals surface area contributed by atoms with Crippen LogP contribution in [0.1, 0.15) is 58.2 Å². The van der Waals surface area contributed by atoms with Gasteiger partial charge in [0, 0.05) is 28.6 Å². The normalized spacial score (nSPS) is 11.9. The van der Waals surface area contributed by atoms with Crippen LogP contribution < -0.4 is 0 Å². The molecule has 44 heavy (non-hydrogen) atoms. The summed E-state index contributed by atoms with van der Waals surface area (Å²) in [6.07, 6.45) is 1.60. The molecule has 0 aliphatic carbocycles. The third-order valence-electron chi connectivity index (χ3n) is 8.09. The standard InChI is InChI=1S/C39H36N4O/c1-38(2,3)28-21-31(36(44)32(22-28)39(4,5)6)37-42-35-30(16-11-17-34(35)43(37)29-14-8-7-9-15-29)26-12-10-13-27(20-26)33-19-18-25(23-40)24-41-33/h7-22,24,44H,1-6H3. The average Bonchev–Trinajstić information content (AvgIpc) is 3.40. The summed E-state index contributed by atoms with van der Waals surface area (Å²) >= 11 is 0. The SMILES string of the molecule is CC(C)(C)c1cc(-c2nc3c(-c4cccc(-c5ccc(C#N)cn5)c4)cccc3n2-c2ccccc2)c(O)c(C(C)(C)C)c1. The molecule has 0 bridgehead atoms. The molecule has 2 aromatic heterocycles. The summed E-state index contributed by atoms with van der Waals surface area (Å²) in [6, 6.07) is 34.7. The Kier molecular flexibility index (Phi) is 7.10. The van der Waals surface area contributed by atoms with Gasteiger partial charge >= 0.3 is 0 Å².